The molecule has 3 aromatic rings. The van der Waals surface area contributed by atoms with Crippen molar-refractivity contribution in [3.8, 4) is 17.5 Å². The van der Waals surface area contributed by atoms with Gasteiger partial charge in [0, 0.05) is 22.3 Å². The molecule has 7 nitrogen and oxygen atoms in total. The molecule has 1 aliphatic rings. The van der Waals surface area contributed by atoms with Crippen LogP contribution in [0.4, 0.5) is 5.69 Å². The first-order valence-corrected chi connectivity index (χ1v) is 11.0. The maximum Gasteiger partial charge on any atom is 0.241 e. The summed E-state index contributed by atoms with van der Waals surface area (Å²) in [5.41, 5.74) is 2.58. The highest BCUT2D eigenvalue weighted by molar-refractivity contribution is 9.10. The highest BCUT2D eigenvalue weighted by Gasteiger charge is 2.27. The van der Waals surface area contributed by atoms with Crippen LogP contribution in [0.5, 0.6) is 0 Å². The average molecular weight is 480 g/mol. The van der Waals surface area contributed by atoms with Gasteiger partial charge in [0.1, 0.15) is 0 Å². The summed E-state index contributed by atoms with van der Waals surface area (Å²) in [5.74, 6) is 1.02. The van der Waals surface area contributed by atoms with Gasteiger partial charge in [0.05, 0.1) is 25.0 Å². The van der Waals surface area contributed by atoms with Crippen molar-refractivity contribution in [1.82, 2.24) is 15.0 Å². The van der Waals surface area contributed by atoms with Crippen LogP contribution in [0.25, 0.3) is 11.4 Å². The maximum absolute atomic E-state index is 12.8. The number of amides is 1. The molecule has 1 saturated heterocycles. The van der Waals surface area contributed by atoms with Gasteiger partial charge in [0.15, 0.2) is 0 Å². The van der Waals surface area contributed by atoms with Gasteiger partial charge in [-0.05, 0) is 49.2 Å². The molecular weight excluding hydrogens is 458 g/mol. The monoisotopic (exact) mass is 479 g/mol. The van der Waals surface area contributed by atoms with Crippen molar-refractivity contribution in [3.63, 3.8) is 0 Å². The van der Waals surface area contributed by atoms with E-state index < -0.39 is 0 Å². The Balaban J connectivity index is 1.34. The number of carbonyl (C=O) groups is 1. The predicted octanol–water partition coefficient (Wildman–Crippen LogP) is 4.42. The molecule has 1 aliphatic heterocycles. The van der Waals surface area contributed by atoms with Gasteiger partial charge in [0.2, 0.25) is 17.6 Å². The van der Waals surface area contributed by atoms with Crippen LogP contribution in [0, 0.1) is 17.2 Å². The van der Waals surface area contributed by atoms with Gasteiger partial charge in [-0.3, -0.25) is 9.69 Å². The number of halogens is 1. The largest absolute Gasteiger partial charge is 0.338 e. The van der Waals surface area contributed by atoms with E-state index in [-0.39, 0.29) is 11.8 Å². The highest BCUT2D eigenvalue weighted by Crippen LogP contribution is 2.23. The number of nitrogens with one attached hydrogen (secondary N) is 1. The molecule has 1 N–H and O–H groups in total. The van der Waals surface area contributed by atoms with E-state index in [1.54, 1.807) is 0 Å². The Morgan fingerprint density at radius 1 is 1.29 bits per heavy atom. The number of rotatable bonds is 6. The van der Waals surface area contributed by atoms with Gasteiger partial charge in [-0.2, -0.15) is 10.2 Å². The Labute approximate surface area is 189 Å². The van der Waals surface area contributed by atoms with Gasteiger partial charge >= 0.3 is 0 Å². The van der Waals surface area contributed by atoms with Crippen molar-refractivity contribution in [2.75, 3.05) is 18.4 Å². The molecule has 2 heterocycles. The summed E-state index contributed by atoms with van der Waals surface area (Å²) in [7, 11) is 0. The first-order valence-electron chi connectivity index (χ1n) is 10.2. The van der Waals surface area contributed by atoms with E-state index in [1.165, 1.54) is 0 Å². The number of carbonyl (C=O) groups excluding carboxylic acids is 1. The summed E-state index contributed by atoms with van der Waals surface area (Å²) in [5, 5.41) is 15.8. The van der Waals surface area contributed by atoms with E-state index in [0.717, 1.165) is 40.7 Å². The number of aromatic nitrogens is 2. The third-order valence-corrected chi connectivity index (χ3v) is 5.78. The van der Waals surface area contributed by atoms with Crippen LogP contribution >= 0.6 is 15.9 Å². The van der Waals surface area contributed by atoms with E-state index in [4.69, 9.17) is 9.78 Å². The van der Waals surface area contributed by atoms with Crippen LogP contribution in [0.15, 0.2) is 57.5 Å². The molecular formula is C23H22BrN5O2. The molecule has 4 rings (SSSR count). The maximum atomic E-state index is 12.8. The fourth-order valence-corrected chi connectivity index (χ4v) is 4.11. The first-order chi connectivity index (χ1) is 15.1. The molecule has 158 valence electrons. The number of hydrogen-bond donors (Lipinski definition) is 1. The molecule has 1 unspecified atom stereocenters. The van der Waals surface area contributed by atoms with Crippen LogP contribution in [0.1, 0.15) is 24.3 Å². The van der Waals surface area contributed by atoms with Crippen molar-refractivity contribution < 1.29 is 9.32 Å². The Morgan fingerprint density at radius 3 is 2.90 bits per heavy atom. The highest BCUT2D eigenvalue weighted by atomic mass is 79.9. The number of likely N-dealkylation sites (tertiary alicyclic amines) is 1. The van der Waals surface area contributed by atoms with Gasteiger partial charge in [-0.25, -0.2) is 0 Å². The van der Waals surface area contributed by atoms with Crippen LogP contribution in [-0.2, 0) is 17.8 Å². The van der Waals surface area contributed by atoms with Crippen LogP contribution in [-0.4, -0.2) is 34.0 Å². The van der Waals surface area contributed by atoms with Crippen molar-refractivity contribution in [3.05, 3.63) is 64.5 Å². The topological polar surface area (TPSA) is 95.1 Å². The van der Waals surface area contributed by atoms with Crippen LogP contribution < -0.4 is 5.32 Å². The van der Waals surface area contributed by atoms with E-state index in [1.807, 2.05) is 48.5 Å². The lowest BCUT2D eigenvalue weighted by molar-refractivity contribution is -0.121. The second kappa shape index (κ2) is 9.86. The third-order valence-electron chi connectivity index (χ3n) is 5.29. The number of nitrogens with zero attached hydrogens (tertiary/aromatic N) is 4. The molecule has 0 spiro atoms. The second-order valence-electron chi connectivity index (χ2n) is 7.62. The molecule has 0 aliphatic carbocycles. The van der Waals surface area contributed by atoms with Crippen molar-refractivity contribution >= 4 is 27.5 Å². The van der Waals surface area contributed by atoms with Gasteiger partial charge in [-0.1, -0.05) is 45.4 Å². The van der Waals surface area contributed by atoms with Crippen molar-refractivity contribution in [1.29, 1.82) is 5.26 Å². The van der Waals surface area contributed by atoms with E-state index in [9.17, 15) is 4.79 Å². The van der Waals surface area contributed by atoms with Gasteiger partial charge in [0.25, 0.3) is 0 Å². The molecule has 0 saturated carbocycles. The Hall–Kier alpha value is -3.02. The minimum absolute atomic E-state index is 0.0121. The Kier molecular flexibility index (Phi) is 6.75. The molecule has 1 atom stereocenters. The third kappa shape index (κ3) is 5.57. The Morgan fingerprint density at radius 2 is 2.13 bits per heavy atom. The molecule has 31 heavy (non-hydrogen) atoms. The number of nitriles is 1. The lowest BCUT2D eigenvalue weighted by Crippen LogP contribution is -2.40. The zero-order valence-electron chi connectivity index (χ0n) is 16.9. The molecule has 1 amide bonds. The zero-order valence-corrected chi connectivity index (χ0v) is 18.5. The fourth-order valence-electron chi connectivity index (χ4n) is 3.71. The molecule has 1 aromatic heterocycles. The van der Waals surface area contributed by atoms with Crippen molar-refractivity contribution in [2.24, 2.45) is 5.92 Å². The lowest BCUT2D eigenvalue weighted by atomic mass is 9.97. The minimum Gasteiger partial charge on any atom is -0.338 e. The van der Waals surface area contributed by atoms with Crippen molar-refractivity contribution in [2.45, 2.75) is 25.8 Å². The number of anilines is 1. The number of piperidine rings is 1. The summed E-state index contributed by atoms with van der Waals surface area (Å²) in [4.78, 5) is 19.4. The van der Waals surface area contributed by atoms with E-state index in [2.05, 4.69) is 42.4 Å². The molecule has 1 fully saturated rings. The molecule has 0 bridgehead atoms. The fraction of sp³-hybridized carbons (Fsp3) is 0.304. The molecule has 8 heteroatoms. The van der Waals surface area contributed by atoms with Gasteiger partial charge < -0.3 is 9.84 Å². The number of hydrogen-bond acceptors (Lipinski definition) is 6. The van der Waals surface area contributed by atoms with E-state index >= 15 is 0 Å². The minimum atomic E-state index is -0.0972. The standard InChI is InChI=1S/C23H22BrN5O2/c24-19-5-1-3-17(13-19)22-27-21(31-28-22)15-29-12-2-4-18(14-29)23(30)26-20-8-6-16(7-9-20)10-11-25/h1,3,5-9,13,18H,2,4,10,12,14-15H2,(H,26,30). The zero-order chi connectivity index (χ0) is 21.6. The summed E-state index contributed by atoms with van der Waals surface area (Å²) in [6.07, 6.45) is 2.15. The SMILES string of the molecule is N#CCc1ccc(NC(=O)C2CCCN(Cc3nc(-c4cccc(Br)c4)no3)C2)cc1. The summed E-state index contributed by atoms with van der Waals surface area (Å²) in [6, 6.07) is 17.3. The van der Waals surface area contributed by atoms with E-state index in [0.29, 0.717) is 31.2 Å². The van der Waals surface area contributed by atoms with Crippen LogP contribution in [0.2, 0.25) is 0 Å². The average Bonchev–Trinajstić information content (AvgIpc) is 3.24. The lowest BCUT2D eigenvalue weighted by Gasteiger charge is -2.30. The summed E-state index contributed by atoms with van der Waals surface area (Å²) < 4.78 is 6.40. The predicted molar refractivity (Wildman–Crippen MR) is 120 cm³/mol. The van der Waals surface area contributed by atoms with Gasteiger partial charge in [-0.15, -0.1) is 0 Å². The second-order valence-corrected chi connectivity index (χ2v) is 8.53. The Bertz CT molecular complexity index is 1090. The van der Waals surface area contributed by atoms with Crippen LogP contribution in [0.3, 0.4) is 0 Å². The first kappa shape index (κ1) is 21.2. The summed E-state index contributed by atoms with van der Waals surface area (Å²) in [6.45, 7) is 2.06. The summed E-state index contributed by atoms with van der Waals surface area (Å²) >= 11 is 3.45. The normalized spacial score (nSPS) is 16.6. The molecule has 2 aromatic carbocycles. The smallest absolute Gasteiger partial charge is 0.241 e. The molecule has 0 radical (unpaired) electrons. The quantitative estimate of drug-likeness (QED) is 0.562. The number of benzene rings is 2.